The van der Waals surface area contributed by atoms with E-state index in [0.29, 0.717) is 31.3 Å². The largest absolute Gasteiger partial charge is 0.373 e. The maximum Gasteiger partial charge on any atom is 0.162 e. The van der Waals surface area contributed by atoms with Gasteiger partial charge in [-0.3, -0.25) is 0 Å². The Bertz CT molecular complexity index is 240. The molecule has 3 heterocycles. The van der Waals surface area contributed by atoms with Gasteiger partial charge in [-0.25, -0.2) is 0 Å². The molecule has 14 heavy (non-hydrogen) atoms. The van der Waals surface area contributed by atoms with E-state index in [9.17, 15) is 0 Å². The maximum atomic E-state index is 5.68. The van der Waals surface area contributed by atoms with Gasteiger partial charge in [-0.15, -0.1) is 0 Å². The van der Waals surface area contributed by atoms with Gasteiger partial charge in [0, 0.05) is 5.92 Å². The van der Waals surface area contributed by atoms with E-state index in [2.05, 4.69) is 0 Å². The van der Waals surface area contributed by atoms with E-state index >= 15 is 0 Å². The monoisotopic (exact) mass is 200 g/mol. The second kappa shape index (κ2) is 2.92. The Labute approximate surface area is 83.5 Å². The highest BCUT2D eigenvalue weighted by Crippen LogP contribution is 2.39. The minimum absolute atomic E-state index is 0.153. The van der Waals surface area contributed by atoms with Crippen LogP contribution in [-0.2, 0) is 18.9 Å². The lowest BCUT2D eigenvalue weighted by atomic mass is 9.95. The molecule has 80 valence electrons. The molecule has 0 amide bonds. The van der Waals surface area contributed by atoms with Crippen LogP contribution in [0.3, 0.4) is 0 Å². The Morgan fingerprint density at radius 3 is 2.64 bits per heavy atom. The molecule has 0 spiro atoms. The van der Waals surface area contributed by atoms with Crippen LogP contribution in [0.5, 0.6) is 0 Å². The fourth-order valence-electron chi connectivity index (χ4n) is 2.22. The average molecular weight is 200 g/mol. The van der Waals surface area contributed by atoms with Crippen LogP contribution in [0.1, 0.15) is 13.8 Å². The highest BCUT2D eigenvalue weighted by atomic mass is 16.7. The van der Waals surface area contributed by atoms with Gasteiger partial charge in [-0.1, -0.05) is 0 Å². The van der Waals surface area contributed by atoms with Gasteiger partial charge in [0.05, 0.1) is 32.0 Å². The third kappa shape index (κ3) is 1.46. The summed E-state index contributed by atoms with van der Waals surface area (Å²) in [7, 11) is 0. The smallest absolute Gasteiger partial charge is 0.162 e. The van der Waals surface area contributed by atoms with Crippen molar-refractivity contribution in [2.24, 2.45) is 5.92 Å². The molecule has 3 aliphatic rings. The molecular formula is C10H16O4. The Kier molecular flexibility index (Phi) is 1.89. The summed E-state index contributed by atoms with van der Waals surface area (Å²) >= 11 is 0. The zero-order valence-corrected chi connectivity index (χ0v) is 8.56. The Morgan fingerprint density at radius 2 is 1.79 bits per heavy atom. The summed E-state index contributed by atoms with van der Waals surface area (Å²) in [6.45, 7) is 5.89. The van der Waals surface area contributed by atoms with E-state index in [4.69, 9.17) is 18.9 Å². The topological polar surface area (TPSA) is 40.2 Å². The maximum absolute atomic E-state index is 5.68. The van der Waals surface area contributed by atoms with Crippen LogP contribution in [0.4, 0.5) is 0 Å². The van der Waals surface area contributed by atoms with Crippen LogP contribution < -0.4 is 0 Å². The second-order valence-corrected chi connectivity index (χ2v) is 4.70. The van der Waals surface area contributed by atoms with Crippen LogP contribution >= 0.6 is 0 Å². The standard InChI is InChI=1S/C10H16O4/c1-10(2)12-3-6-7(5-13-10)11-4-8-9(6)14-8/h6-9H,3-5H2,1-2H3/t6-,7-,8?,9?/m0/s1. The lowest BCUT2D eigenvalue weighted by molar-refractivity contribution is -0.205. The molecule has 3 fully saturated rings. The van der Waals surface area contributed by atoms with Gasteiger partial charge in [0.25, 0.3) is 0 Å². The first kappa shape index (κ1) is 9.09. The van der Waals surface area contributed by atoms with E-state index in [1.807, 2.05) is 13.8 Å². The minimum Gasteiger partial charge on any atom is -0.373 e. The summed E-state index contributed by atoms with van der Waals surface area (Å²) in [6, 6.07) is 0. The molecule has 4 nitrogen and oxygen atoms in total. The lowest BCUT2D eigenvalue weighted by Crippen LogP contribution is -2.39. The first-order valence-corrected chi connectivity index (χ1v) is 5.21. The van der Waals surface area contributed by atoms with Crippen LogP contribution in [0, 0.1) is 5.92 Å². The van der Waals surface area contributed by atoms with Gasteiger partial charge in [0.2, 0.25) is 0 Å². The minimum atomic E-state index is -0.481. The third-order valence-electron chi connectivity index (χ3n) is 3.21. The van der Waals surface area contributed by atoms with Crippen molar-refractivity contribution >= 4 is 0 Å². The molecule has 3 aliphatic heterocycles. The summed E-state index contributed by atoms with van der Waals surface area (Å²) in [5, 5.41) is 0. The molecule has 0 aromatic carbocycles. The molecule has 3 saturated heterocycles. The van der Waals surface area contributed by atoms with Gasteiger partial charge >= 0.3 is 0 Å². The van der Waals surface area contributed by atoms with Gasteiger partial charge in [0.15, 0.2) is 5.79 Å². The summed E-state index contributed by atoms with van der Waals surface area (Å²) in [4.78, 5) is 0. The van der Waals surface area contributed by atoms with Crippen molar-refractivity contribution in [2.75, 3.05) is 19.8 Å². The number of hydrogen-bond donors (Lipinski definition) is 0. The van der Waals surface area contributed by atoms with E-state index < -0.39 is 5.79 Å². The fourth-order valence-corrected chi connectivity index (χ4v) is 2.22. The molecule has 0 N–H and O–H groups in total. The normalized spacial score (nSPS) is 50.1. The predicted molar refractivity (Wildman–Crippen MR) is 47.9 cm³/mol. The Morgan fingerprint density at radius 1 is 1.00 bits per heavy atom. The van der Waals surface area contributed by atoms with E-state index in [1.54, 1.807) is 0 Å². The van der Waals surface area contributed by atoms with Gasteiger partial charge in [-0.2, -0.15) is 0 Å². The van der Waals surface area contributed by atoms with Crippen molar-refractivity contribution < 1.29 is 18.9 Å². The summed E-state index contributed by atoms with van der Waals surface area (Å²) in [5.41, 5.74) is 0. The number of fused-ring (bicyclic) bond motifs is 3. The number of ether oxygens (including phenoxy) is 4. The van der Waals surface area contributed by atoms with Crippen LogP contribution in [-0.4, -0.2) is 43.9 Å². The van der Waals surface area contributed by atoms with Crippen LogP contribution in [0.15, 0.2) is 0 Å². The zero-order chi connectivity index (χ0) is 9.76. The highest BCUT2D eigenvalue weighted by Gasteiger charge is 2.53. The van der Waals surface area contributed by atoms with Crippen LogP contribution in [0.2, 0.25) is 0 Å². The number of hydrogen-bond acceptors (Lipinski definition) is 4. The number of epoxide rings is 1. The molecule has 0 saturated carbocycles. The average Bonchev–Trinajstić information content (AvgIpc) is 2.89. The Hall–Kier alpha value is -0.160. The molecule has 0 bridgehead atoms. The highest BCUT2D eigenvalue weighted by molar-refractivity contribution is 4.98. The lowest BCUT2D eigenvalue weighted by Gasteiger charge is -2.25. The quantitative estimate of drug-likeness (QED) is 0.535. The fraction of sp³-hybridized carbons (Fsp3) is 1.00. The molecule has 0 aliphatic carbocycles. The molecule has 2 unspecified atom stereocenters. The van der Waals surface area contributed by atoms with Crippen LogP contribution in [0.25, 0.3) is 0 Å². The number of rotatable bonds is 0. The second-order valence-electron chi connectivity index (χ2n) is 4.70. The van der Waals surface area contributed by atoms with Crippen molar-refractivity contribution in [3.8, 4) is 0 Å². The van der Waals surface area contributed by atoms with Crippen molar-refractivity contribution in [3.63, 3.8) is 0 Å². The van der Waals surface area contributed by atoms with Gasteiger partial charge in [0.1, 0.15) is 6.10 Å². The molecule has 4 atom stereocenters. The summed E-state index contributed by atoms with van der Waals surface area (Å²) in [5.74, 6) is -0.124. The van der Waals surface area contributed by atoms with E-state index in [0.717, 1.165) is 6.61 Å². The molecule has 0 radical (unpaired) electrons. The first-order valence-electron chi connectivity index (χ1n) is 5.21. The van der Waals surface area contributed by atoms with Gasteiger partial charge < -0.3 is 18.9 Å². The van der Waals surface area contributed by atoms with Crippen molar-refractivity contribution in [2.45, 2.75) is 37.9 Å². The first-order chi connectivity index (χ1) is 6.66. The summed E-state index contributed by atoms with van der Waals surface area (Å²) < 4.78 is 22.5. The Balaban J connectivity index is 1.74. The van der Waals surface area contributed by atoms with Crippen molar-refractivity contribution in [1.29, 1.82) is 0 Å². The molecule has 3 rings (SSSR count). The molecular weight excluding hydrogens is 184 g/mol. The third-order valence-corrected chi connectivity index (χ3v) is 3.21. The molecule has 4 heteroatoms. The molecule has 0 aromatic rings. The van der Waals surface area contributed by atoms with Crippen molar-refractivity contribution in [3.05, 3.63) is 0 Å². The summed E-state index contributed by atoms with van der Waals surface area (Å²) in [6.07, 6.45) is 0.827. The molecule has 0 aromatic heterocycles. The zero-order valence-electron chi connectivity index (χ0n) is 8.56. The SMILES string of the molecule is CC1(C)OC[C@@H]2OCC3OC3[C@H]2CO1. The predicted octanol–water partition coefficient (Wildman–Crippen LogP) is 0.552. The van der Waals surface area contributed by atoms with E-state index in [-0.39, 0.29) is 6.10 Å². The van der Waals surface area contributed by atoms with E-state index in [1.165, 1.54) is 0 Å². The van der Waals surface area contributed by atoms with Gasteiger partial charge in [-0.05, 0) is 13.8 Å². The van der Waals surface area contributed by atoms with Crippen molar-refractivity contribution in [1.82, 2.24) is 0 Å².